The minimum absolute atomic E-state index is 0.0228. The summed E-state index contributed by atoms with van der Waals surface area (Å²) in [5.74, 6) is -1.23. The molecule has 0 aromatic heterocycles. The van der Waals surface area contributed by atoms with E-state index in [1.807, 2.05) is 13.8 Å². The zero-order valence-corrected chi connectivity index (χ0v) is 20.9. The van der Waals surface area contributed by atoms with E-state index in [1.54, 1.807) is 60.7 Å². The van der Waals surface area contributed by atoms with Gasteiger partial charge in [0.1, 0.15) is 17.3 Å². The first-order chi connectivity index (χ1) is 17.7. The molecule has 0 aliphatic carbocycles. The van der Waals surface area contributed by atoms with Gasteiger partial charge in [-0.25, -0.2) is 4.79 Å². The Kier molecular flexibility index (Phi) is 7.29. The highest BCUT2D eigenvalue weighted by molar-refractivity contribution is 6.51. The molecule has 0 radical (unpaired) electrons. The Morgan fingerprint density at radius 1 is 0.838 bits per heavy atom. The van der Waals surface area contributed by atoms with Crippen molar-refractivity contribution in [1.29, 1.82) is 0 Å². The van der Waals surface area contributed by atoms with Crippen LogP contribution in [0.1, 0.15) is 41.4 Å². The first-order valence-corrected chi connectivity index (χ1v) is 11.7. The summed E-state index contributed by atoms with van der Waals surface area (Å²) >= 11 is 0. The van der Waals surface area contributed by atoms with E-state index in [-0.39, 0.29) is 17.4 Å². The van der Waals surface area contributed by atoms with Gasteiger partial charge in [0.05, 0.1) is 37.5 Å². The summed E-state index contributed by atoms with van der Waals surface area (Å²) in [5.41, 5.74) is 1.60. The number of carbonyl (C=O) groups is 3. The number of carbonyl (C=O) groups excluding carboxylic acids is 3. The van der Waals surface area contributed by atoms with Crippen molar-refractivity contribution in [2.75, 3.05) is 19.1 Å². The van der Waals surface area contributed by atoms with Gasteiger partial charge in [-0.2, -0.15) is 0 Å². The van der Waals surface area contributed by atoms with Crippen LogP contribution in [0.3, 0.4) is 0 Å². The lowest BCUT2D eigenvalue weighted by molar-refractivity contribution is -0.132. The van der Waals surface area contributed by atoms with Gasteiger partial charge in [-0.15, -0.1) is 0 Å². The molecular weight excluding hydrogens is 474 g/mol. The number of amides is 1. The van der Waals surface area contributed by atoms with Crippen LogP contribution in [-0.2, 0) is 14.3 Å². The molecule has 0 saturated carbocycles. The Morgan fingerprint density at radius 2 is 1.41 bits per heavy atom. The van der Waals surface area contributed by atoms with E-state index in [9.17, 15) is 19.5 Å². The van der Waals surface area contributed by atoms with Crippen molar-refractivity contribution in [3.05, 3.63) is 95.1 Å². The molecule has 8 nitrogen and oxygen atoms in total. The van der Waals surface area contributed by atoms with Crippen molar-refractivity contribution in [2.24, 2.45) is 0 Å². The fourth-order valence-electron chi connectivity index (χ4n) is 4.20. The van der Waals surface area contributed by atoms with Crippen molar-refractivity contribution >= 4 is 29.1 Å². The zero-order valence-electron chi connectivity index (χ0n) is 20.9. The number of ketones is 1. The molecule has 1 amide bonds. The van der Waals surface area contributed by atoms with Crippen molar-refractivity contribution < 1.29 is 33.7 Å². The van der Waals surface area contributed by atoms with Crippen LogP contribution < -0.4 is 14.4 Å². The van der Waals surface area contributed by atoms with E-state index >= 15 is 0 Å². The second-order valence-electron chi connectivity index (χ2n) is 8.67. The highest BCUT2D eigenvalue weighted by Crippen LogP contribution is 2.42. The van der Waals surface area contributed by atoms with E-state index < -0.39 is 23.7 Å². The number of ether oxygens (including phenoxy) is 3. The molecular formula is C29H27NO7. The lowest BCUT2D eigenvalue weighted by Gasteiger charge is -2.25. The molecule has 3 aromatic rings. The third-order valence-corrected chi connectivity index (χ3v) is 5.94. The molecule has 1 heterocycles. The summed E-state index contributed by atoms with van der Waals surface area (Å²) in [6.45, 7) is 3.81. The SMILES string of the molecule is COC(=O)c1ccc(N2C(=O)C(=O)/C(=C(/O)c3ccc(OC(C)C)cc3)C2c2ccc(OC)cc2)cc1. The molecule has 8 heteroatoms. The van der Waals surface area contributed by atoms with Crippen molar-refractivity contribution in [3.63, 3.8) is 0 Å². The average Bonchev–Trinajstić information content (AvgIpc) is 3.18. The molecule has 190 valence electrons. The van der Waals surface area contributed by atoms with Crippen LogP contribution in [0.5, 0.6) is 11.5 Å². The molecule has 0 spiro atoms. The number of esters is 1. The Hall–Kier alpha value is -4.59. The topological polar surface area (TPSA) is 102 Å². The van der Waals surface area contributed by atoms with Gasteiger partial charge in [-0.1, -0.05) is 12.1 Å². The van der Waals surface area contributed by atoms with Crippen LogP contribution in [-0.4, -0.2) is 43.1 Å². The van der Waals surface area contributed by atoms with Gasteiger partial charge >= 0.3 is 5.97 Å². The molecule has 1 unspecified atom stereocenters. The van der Waals surface area contributed by atoms with E-state index in [4.69, 9.17) is 14.2 Å². The van der Waals surface area contributed by atoms with Crippen LogP contribution in [0.15, 0.2) is 78.4 Å². The van der Waals surface area contributed by atoms with E-state index in [2.05, 4.69) is 0 Å². The van der Waals surface area contributed by atoms with Crippen molar-refractivity contribution in [1.82, 2.24) is 0 Å². The summed E-state index contributed by atoms with van der Waals surface area (Å²) in [5, 5.41) is 11.3. The van der Waals surface area contributed by atoms with Gasteiger partial charge in [-0.05, 0) is 80.1 Å². The maximum absolute atomic E-state index is 13.3. The predicted molar refractivity (Wildman–Crippen MR) is 138 cm³/mol. The van der Waals surface area contributed by atoms with Gasteiger partial charge in [-0.3, -0.25) is 14.5 Å². The van der Waals surface area contributed by atoms with Gasteiger partial charge in [0.15, 0.2) is 0 Å². The second kappa shape index (κ2) is 10.6. The molecule has 1 aliphatic rings. The second-order valence-corrected chi connectivity index (χ2v) is 8.67. The largest absolute Gasteiger partial charge is 0.507 e. The predicted octanol–water partition coefficient (Wildman–Crippen LogP) is 4.90. The number of aliphatic hydroxyl groups is 1. The Bertz CT molecular complexity index is 1340. The third kappa shape index (κ3) is 5.04. The lowest BCUT2D eigenvalue weighted by atomic mass is 9.95. The van der Waals surface area contributed by atoms with E-state index in [0.717, 1.165) is 0 Å². The standard InChI is InChI=1S/C29H27NO7/c1-17(2)37-23-15-9-19(10-16-23)26(31)24-25(18-7-13-22(35-3)14-8-18)30(28(33)27(24)32)21-11-5-20(6-12-21)29(34)36-4/h5-17,25,31H,1-4H3/b26-24+. The summed E-state index contributed by atoms with van der Waals surface area (Å²) in [7, 11) is 2.82. The minimum Gasteiger partial charge on any atom is -0.507 e. The smallest absolute Gasteiger partial charge is 0.337 e. The third-order valence-electron chi connectivity index (χ3n) is 5.94. The normalized spacial score (nSPS) is 16.7. The van der Waals surface area contributed by atoms with Crippen LogP contribution in [0.25, 0.3) is 5.76 Å². The van der Waals surface area contributed by atoms with Crippen LogP contribution in [0.4, 0.5) is 5.69 Å². The molecule has 37 heavy (non-hydrogen) atoms. The van der Waals surface area contributed by atoms with E-state index in [1.165, 1.54) is 31.3 Å². The molecule has 1 saturated heterocycles. The number of benzene rings is 3. The van der Waals surface area contributed by atoms with Gasteiger partial charge < -0.3 is 19.3 Å². The summed E-state index contributed by atoms with van der Waals surface area (Å²) in [4.78, 5) is 39.8. The number of anilines is 1. The molecule has 0 bridgehead atoms. The fraction of sp³-hybridized carbons (Fsp3) is 0.207. The number of hydrogen-bond acceptors (Lipinski definition) is 7. The van der Waals surface area contributed by atoms with Crippen LogP contribution in [0.2, 0.25) is 0 Å². The lowest BCUT2D eigenvalue weighted by Crippen LogP contribution is -2.29. The summed E-state index contributed by atoms with van der Waals surface area (Å²) in [6, 6.07) is 18.8. The van der Waals surface area contributed by atoms with Crippen LogP contribution in [0, 0.1) is 0 Å². The zero-order chi connectivity index (χ0) is 26.7. The minimum atomic E-state index is -0.915. The van der Waals surface area contributed by atoms with Crippen molar-refractivity contribution in [2.45, 2.75) is 26.0 Å². The molecule has 4 rings (SSSR count). The number of hydrogen-bond donors (Lipinski definition) is 1. The van der Waals surface area contributed by atoms with Gasteiger partial charge in [0, 0.05) is 11.3 Å². The fourth-order valence-corrected chi connectivity index (χ4v) is 4.20. The van der Waals surface area contributed by atoms with Gasteiger partial charge in [0.2, 0.25) is 0 Å². The summed E-state index contributed by atoms with van der Waals surface area (Å²) < 4.78 is 15.7. The summed E-state index contributed by atoms with van der Waals surface area (Å²) in [6.07, 6.45) is -0.0228. The number of methoxy groups -OCH3 is 2. The maximum atomic E-state index is 13.3. The average molecular weight is 502 g/mol. The highest BCUT2D eigenvalue weighted by atomic mass is 16.5. The molecule has 1 N–H and O–H groups in total. The number of Topliss-reactive ketones (excluding diaryl/α,β-unsaturated/α-hetero) is 1. The van der Waals surface area contributed by atoms with Gasteiger partial charge in [0.25, 0.3) is 11.7 Å². The number of rotatable bonds is 7. The first-order valence-electron chi connectivity index (χ1n) is 11.7. The van der Waals surface area contributed by atoms with E-state index in [0.29, 0.717) is 33.9 Å². The van der Waals surface area contributed by atoms with Crippen molar-refractivity contribution in [3.8, 4) is 11.5 Å². The first kappa shape index (κ1) is 25.5. The monoisotopic (exact) mass is 501 g/mol. The Balaban J connectivity index is 1.83. The van der Waals surface area contributed by atoms with Crippen LogP contribution >= 0.6 is 0 Å². The highest BCUT2D eigenvalue weighted by Gasteiger charge is 2.47. The number of aliphatic hydroxyl groups excluding tert-OH is 1. The molecule has 1 fully saturated rings. The molecule has 1 aliphatic heterocycles. The Labute approximate surface area is 214 Å². The number of nitrogens with zero attached hydrogens (tertiary/aromatic N) is 1. The molecule has 1 atom stereocenters. The Morgan fingerprint density at radius 3 is 1.95 bits per heavy atom. The quantitative estimate of drug-likeness (QED) is 0.213. The maximum Gasteiger partial charge on any atom is 0.337 e. The molecule has 3 aromatic carbocycles.